The van der Waals surface area contributed by atoms with Crippen LogP contribution < -0.4 is 10.1 Å². The van der Waals surface area contributed by atoms with Gasteiger partial charge in [0, 0.05) is 6.04 Å². The molecule has 0 aromatic heterocycles. The maximum Gasteiger partial charge on any atom is 0.141 e. The summed E-state index contributed by atoms with van der Waals surface area (Å²) in [7, 11) is 0. The third kappa shape index (κ3) is 3.81. The molecule has 4 heteroatoms. The van der Waals surface area contributed by atoms with E-state index in [4.69, 9.17) is 4.74 Å². The Kier molecular flexibility index (Phi) is 5.15. The molecule has 20 heavy (non-hydrogen) atoms. The molecule has 0 amide bonds. The molecule has 0 saturated heterocycles. The summed E-state index contributed by atoms with van der Waals surface area (Å²) in [6, 6.07) is 12.2. The fraction of sp³-hybridized carbons (Fsp3) is 0.250. The van der Waals surface area contributed by atoms with E-state index in [1.807, 2.05) is 18.2 Å². The van der Waals surface area contributed by atoms with Crippen molar-refractivity contribution in [3.8, 4) is 11.5 Å². The van der Waals surface area contributed by atoms with Gasteiger partial charge in [-0.25, -0.2) is 4.39 Å². The Morgan fingerprint density at radius 1 is 1.20 bits per heavy atom. The van der Waals surface area contributed by atoms with Crippen LogP contribution in [0.2, 0.25) is 0 Å². The predicted molar refractivity (Wildman–Crippen MR) is 82.7 cm³/mol. The van der Waals surface area contributed by atoms with E-state index in [1.165, 1.54) is 17.7 Å². The number of hydrogen-bond acceptors (Lipinski definition) is 2. The molecule has 0 aliphatic heterocycles. The van der Waals surface area contributed by atoms with Crippen LogP contribution in [0.3, 0.4) is 0 Å². The second-order valence-corrected chi connectivity index (χ2v) is 5.38. The highest BCUT2D eigenvalue weighted by atomic mass is 79.9. The van der Waals surface area contributed by atoms with Gasteiger partial charge in [-0.15, -0.1) is 0 Å². The summed E-state index contributed by atoms with van der Waals surface area (Å²) in [6.07, 6.45) is 0. The SMILES string of the molecule is CCNC(C)c1ccc(Oc2ccc(F)cc2)c(Br)c1. The van der Waals surface area contributed by atoms with Crippen molar-refractivity contribution in [2.75, 3.05) is 6.54 Å². The third-order valence-corrected chi connectivity index (χ3v) is 3.63. The Morgan fingerprint density at radius 3 is 2.50 bits per heavy atom. The minimum atomic E-state index is -0.272. The minimum absolute atomic E-state index is 0.272. The zero-order valence-electron chi connectivity index (χ0n) is 11.5. The average molecular weight is 338 g/mol. The lowest BCUT2D eigenvalue weighted by Gasteiger charge is -2.15. The summed E-state index contributed by atoms with van der Waals surface area (Å²) >= 11 is 3.51. The van der Waals surface area contributed by atoms with Crippen LogP contribution in [0.4, 0.5) is 4.39 Å². The van der Waals surface area contributed by atoms with Crippen LogP contribution >= 0.6 is 15.9 Å². The summed E-state index contributed by atoms with van der Waals surface area (Å²) in [5.41, 5.74) is 1.19. The van der Waals surface area contributed by atoms with E-state index in [9.17, 15) is 4.39 Å². The van der Waals surface area contributed by atoms with Gasteiger partial charge in [0.25, 0.3) is 0 Å². The molecule has 0 aliphatic carbocycles. The molecule has 0 spiro atoms. The first-order chi connectivity index (χ1) is 9.60. The summed E-state index contributed by atoms with van der Waals surface area (Å²) in [5, 5.41) is 3.36. The zero-order chi connectivity index (χ0) is 14.5. The fourth-order valence-electron chi connectivity index (χ4n) is 1.92. The maximum atomic E-state index is 12.8. The van der Waals surface area contributed by atoms with E-state index in [2.05, 4.69) is 35.1 Å². The van der Waals surface area contributed by atoms with E-state index < -0.39 is 0 Å². The van der Waals surface area contributed by atoms with Crippen molar-refractivity contribution in [1.29, 1.82) is 0 Å². The monoisotopic (exact) mass is 337 g/mol. The van der Waals surface area contributed by atoms with Crippen molar-refractivity contribution in [2.45, 2.75) is 19.9 Å². The molecule has 0 aliphatic rings. The first-order valence-electron chi connectivity index (χ1n) is 6.56. The van der Waals surface area contributed by atoms with Crippen LogP contribution in [-0.2, 0) is 0 Å². The van der Waals surface area contributed by atoms with Crippen LogP contribution in [0.15, 0.2) is 46.9 Å². The van der Waals surface area contributed by atoms with Gasteiger partial charge in [-0.1, -0.05) is 13.0 Å². The number of hydrogen-bond donors (Lipinski definition) is 1. The summed E-state index contributed by atoms with van der Waals surface area (Å²) in [6.45, 7) is 5.12. The molecule has 0 radical (unpaired) electrons. The molecule has 0 saturated carbocycles. The van der Waals surface area contributed by atoms with Gasteiger partial charge in [0.05, 0.1) is 4.47 Å². The summed E-state index contributed by atoms with van der Waals surface area (Å²) in [5.74, 6) is 1.05. The Hall–Kier alpha value is -1.39. The highest BCUT2D eigenvalue weighted by Gasteiger charge is 2.08. The molecule has 2 aromatic carbocycles. The van der Waals surface area contributed by atoms with Gasteiger partial charge in [0.15, 0.2) is 0 Å². The van der Waals surface area contributed by atoms with Gasteiger partial charge in [0.2, 0.25) is 0 Å². The fourth-order valence-corrected chi connectivity index (χ4v) is 2.40. The molecular formula is C16H17BrFNO. The third-order valence-electron chi connectivity index (χ3n) is 3.01. The Balaban J connectivity index is 2.15. The molecule has 1 N–H and O–H groups in total. The van der Waals surface area contributed by atoms with Crippen molar-refractivity contribution in [1.82, 2.24) is 5.32 Å². The summed E-state index contributed by atoms with van der Waals surface area (Å²) < 4.78 is 19.5. The quantitative estimate of drug-likeness (QED) is 0.824. The van der Waals surface area contributed by atoms with Crippen molar-refractivity contribution < 1.29 is 9.13 Å². The van der Waals surface area contributed by atoms with Crippen molar-refractivity contribution >= 4 is 15.9 Å². The first kappa shape index (κ1) is 15.0. The number of nitrogens with one attached hydrogen (secondary N) is 1. The topological polar surface area (TPSA) is 21.3 Å². The van der Waals surface area contributed by atoms with E-state index in [1.54, 1.807) is 12.1 Å². The molecule has 1 atom stereocenters. The standard InChI is InChI=1S/C16H17BrFNO/c1-3-19-11(2)12-4-9-16(15(17)10-12)20-14-7-5-13(18)6-8-14/h4-11,19H,3H2,1-2H3. The minimum Gasteiger partial charge on any atom is -0.456 e. The molecule has 2 rings (SSSR count). The molecule has 0 heterocycles. The van der Waals surface area contributed by atoms with Crippen LogP contribution in [0.5, 0.6) is 11.5 Å². The Morgan fingerprint density at radius 2 is 1.90 bits per heavy atom. The normalized spacial score (nSPS) is 12.2. The molecule has 106 valence electrons. The highest BCUT2D eigenvalue weighted by molar-refractivity contribution is 9.10. The van der Waals surface area contributed by atoms with Gasteiger partial charge in [-0.05, 0) is 71.4 Å². The summed E-state index contributed by atoms with van der Waals surface area (Å²) in [4.78, 5) is 0. The second-order valence-electron chi connectivity index (χ2n) is 4.53. The van der Waals surface area contributed by atoms with Crippen LogP contribution in [-0.4, -0.2) is 6.54 Å². The largest absolute Gasteiger partial charge is 0.456 e. The molecule has 0 fully saturated rings. The number of rotatable bonds is 5. The molecule has 1 unspecified atom stereocenters. The van der Waals surface area contributed by atoms with Crippen molar-refractivity contribution in [2.24, 2.45) is 0 Å². The number of benzene rings is 2. The second kappa shape index (κ2) is 6.86. The van der Waals surface area contributed by atoms with E-state index in [0.29, 0.717) is 11.5 Å². The lowest BCUT2D eigenvalue weighted by atomic mass is 10.1. The van der Waals surface area contributed by atoms with E-state index >= 15 is 0 Å². The molecule has 2 nitrogen and oxygen atoms in total. The highest BCUT2D eigenvalue weighted by Crippen LogP contribution is 2.32. The van der Waals surface area contributed by atoms with Crippen LogP contribution in [0.25, 0.3) is 0 Å². The molecule has 0 bridgehead atoms. The van der Waals surface area contributed by atoms with Crippen LogP contribution in [0, 0.1) is 5.82 Å². The van der Waals surface area contributed by atoms with Crippen LogP contribution in [0.1, 0.15) is 25.5 Å². The van der Waals surface area contributed by atoms with Crippen molar-refractivity contribution in [3.63, 3.8) is 0 Å². The van der Waals surface area contributed by atoms with Gasteiger partial charge < -0.3 is 10.1 Å². The lowest BCUT2D eigenvalue weighted by Crippen LogP contribution is -2.17. The average Bonchev–Trinajstić information content (AvgIpc) is 2.43. The maximum absolute atomic E-state index is 12.8. The van der Waals surface area contributed by atoms with Gasteiger partial charge in [-0.3, -0.25) is 0 Å². The molecule has 2 aromatic rings. The molecular weight excluding hydrogens is 321 g/mol. The zero-order valence-corrected chi connectivity index (χ0v) is 13.1. The van der Waals surface area contributed by atoms with E-state index in [0.717, 1.165) is 11.0 Å². The Labute approximate surface area is 127 Å². The van der Waals surface area contributed by atoms with Gasteiger partial charge in [0.1, 0.15) is 17.3 Å². The van der Waals surface area contributed by atoms with E-state index in [-0.39, 0.29) is 11.9 Å². The lowest BCUT2D eigenvalue weighted by molar-refractivity contribution is 0.476. The first-order valence-corrected chi connectivity index (χ1v) is 7.35. The Bertz CT molecular complexity index is 571. The van der Waals surface area contributed by atoms with Gasteiger partial charge in [-0.2, -0.15) is 0 Å². The number of ether oxygens (including phenoxy) is 1. The van der Waals surface area contributed by atoms with Crippen molar-refractivity contribution in [3.05, 3.63) is 58.3 Å². The van der Waals surface area contributed by atoms with Gasteiger partial charge >= 0.3 is 0 Å². The smallest absolute Gasteiger partial charge is 0.141 e. The predicted octanol–water partition coefficient (Wildman–Crippen LogP) is 5.05. The number of halogens is 2.